The van der Waals surface area contributed by atoms with Gasteiger partial charge in [0.15, 0.2) is 0 Å². The Balaban J connectivity index is 1.50. The van der Waals surface area contributed by atoms with Crippen LogP contribution in [0.4, 0.5) is 10.5 Å². The fourth-order valence-corrected chi connectivity index (χ4v) is 3.14. The number of amides is 3. The van der Waals surface area contributed by atoms with Gasteiger partial charge in [-0.2, -0.15) is 0 Å². The summed E-state index contributed by atoms with van der Waals surface area (Å²) in [5.74, 6) is -0.0614. The van der Waals surface area contributed by atoms with Gasteiger partial charge in [-0.25, -0.2) is 4.79 Å². The maximum absolute atomic E-state index is 12.4. The molecule has 1 saturated heterocycles. The van der Waals surface area contributed by atoms with Crippen LogP contribution in [-0.4, -0.2) is 47.9 Å². The average Bonchev–Trinajstić information content (AvgIpc) is 2.66. The maximum Gasteiger partial charge on any atom is 0.321 e. The molecule has 0 unspecified atom stereocenters. The Morgan fingerprint density at radius 2 is 1.70 bits per heavy atom. The van der Waals surface area contributed by atoms with E-state index in [1.165, 1.54) is 0 Å². The van der Waals surface area contributed by atoms with Gasteiger partial charge in [0, 0.05) is 43.0 Å². The zero-order valence-corrected chi connectivity index (χ0v) is 15.9. The van der Waals surface area contributed by atoms with E-state index < -0.39 is 0 Å². The molecule has 0 bridgehead atoms. The first-order valence-electron chi connectivity index (χ1n) is 8.86. The van der Waals surface area contributed by atoms with Crippen LogP contribution < -0.4 is 5.32 Å². The highest BCUT2D eigenvalue weighted by Crippen LogP contribution is 2.13. The van der Waals surface area contributed by atoms with Crippen LogP contribution in [0.2, 0.25) is 5.02 Å². The summed E-state index contributed by atoms with van der Waals surface area (Å²) < 4.78 is 0. The lowest BCUT2D eigenvalue weighted by molar-refractivity contribution is -0.127. The van der Waals surface area contributed by atoms with Gasteiger partial charge in [-0.3, -0.25) is 4.79 Å². The average molecular weight is 384 g/mol. The van der Waals surface area contributed by atoms with Crippen LogP contribution in [-0.2, 0) is 4.79 Å². The van der Waals surface area contributed by atoms with Crippen molar-refractivity contribution in [3.8, 4) is 0 Å². The van der Waals surface area contributed by atoms with Crippen LogP contribution >= 0.6 is 11.6 Å². The SMILES string of the molecule is Cc1cccc(NC(=O)N2CCN(C(=O)C=Cc3cccc(Cl)c3)CC2)c1. The summed E-state index contributed by atoms with van der Waals surface area (Å²) in [4.78, 5) is 28.2. The third kappa shape index (κ3) is 5.34. The van der Waals surface area contributed by atoms with Gasteiger partial charge < -0.3 is 15.1 Å². The van der Waals surface area contributed by atoms with Gasteiger partial charge >= 0.3 is 6.03 Å². The fraction of sp³-hybridized carbons (Fsp3) is 0.238. The Kier molecular flexibility index (Phi) is 6.14. The smallest absolute Gasteiger partial charge is 0.321 e. The lowest BCUT2D eigenvalue weighted by Gasteiger charge is -2.34. The van der Waals surface area contributed by atoms with Gasteiger partial charge in [0.2, 0.25) is 5.91 Å². The second-order valence-electron chi connectivity index (χ2n) is 6.50. The monoisotopic (exact) mass is 383 g/mol. The van der Waals surface area contributed by atoms with Gasteiger partial charge in [-0.15, -0.1) is 0 Å². The molecule has 0 atom stereocenters. The molecule has 6 heteroatoms. The second-order valence-corrected chi connectivity index (χ2v) is 6.94. The van der Waals surface area contributed by atoms with Crippen molar-refractivity contribution < 1.29 is 9.59 Å². The number of benzene rings is 2. The molecule has 1 N–H and O–H groups in total. The molecule has 2 aromatic carbocycles. The molecule has 1 aliphatic heterocycles. The molecule has 3 amide bonds. The number of anilines is 1. The molecule has 0 saturated carbocycles. The highest BCUT2D eigenvalue weighted by molar-refractivity contribution is 6.30. The van der Waals surface area contributed by atoms with Crippen LogP contribution in [0.25, 0.3) is 6.08 Å². The molecule has 0 aliphatic carbocycles. The normalized spacial score (nSPS) is 14.4. The van der Waals surface area contributed by atoms with Crippen molar-refractivity contribution in [3.05, 3.63) is 70.8 Å². The molecule has 2 aromatic rings. The predicted octanol–water partition coefficient (Wildman–Crippen LogP) is 4.04. The van der Waals surface area contributed by atoms with Gasteiger partial charge in [-0.1, -0.05) is 35.9 Å². The molecule has 1 aliphatic rings. The molecule has 0 radical (unpaired) electrons. The topological polar surface area (TPSA) is 52.7 Å². The predicted molar refractivity (Wildman–Crippen MR) is 109 cm³/mol. The minimum absolute atomic E-state index is 0.0614. The molecule has 0 aromatic heterocycles. The van der Waals surface area contributed by atoms with Crippen molar-refractivity contribution in [2.24, 2.45) is 0 Å². The zero-order chi connectivity index (χ0) is 19.2. The standard InChI is InChI=1S/C21H22ClN3O2/c1-16-4-2-7-19(14-16)23-21(27)25-12-10-24(11-13-25)20(26)9-8-17-5-3-6-18(22)15-17/h2-9,14-15H,10-13H2,1H3,(H,23,27). The molecule has 5 nitrogen and oxygen atoms in total. The first-order valence-corrected chi connectivity index (χ1v) is 9.24. The summed E-state index contributed by atoms with van der Waals surface area (Å²) in [6, 6.07) is 14.9. The van der Waals surface area contributed by atoms with Gasteiger partial charge in [0.05, 0.1) is 0 Å². The Morgan fingerprint density at radius 3 is 2.41 bits per heavy atom. The fourth-order valence-electron chi connectivity index (χ4n) is 2.94. The Hall–Kier alpha value is -2.79. The van der Waals surface area contributed by atoms with Crippen LogP contribution in [0.5, 0.6) is 0 Å². The Morgan fingerprint density at radius 1 is 1.00 bits per heavy atom. The Labute approximate surface area is 164 Å². The highest BCUT2D eigenvalue weighted by Gasteiger charge is 2.23. The van der Waals surface area contributed by atoms with Crippen LogP contribution in [0.1, 0.15) is 11.1 Å². The number of carbonyl (C=O) groups excluding carboxylic acids is 2. The molecule has 3 rings (SSSR count). The third-order valence-corrected chi connectivity index (χ3v) is 4.65. The van der Waals surface area contributed by atoms with E-state index in [-0.39, 0.29) is 11.9 Å². The van der Waals surface area contributed by atoms with Crippen LogP contribution in [0, 0.1) is 6.92 Å². The highest BCUT2D eigenvalue weighted by atomic mass is 35.5. The van der Waals surface area contributed by atoms with Gasteiger partial charge in [0.25, 0.3) is 0 Å². The number of aryl methyl sites for hydroxylation is 1. The first-order chi connectivity index (χ1) is 13.0. The minimum atomic E-state index is -0.137. The number of carbonyl (C=O) groups is 2. The Bertz CT molecular complexity index is 858. The van der Waals surface area contributed by atoms with E-state index in [1.807, 2.05) is 43.3 Å². The second kappa shape index (κ2) is 8.73. The molecule has 1 fully saturated rings. The number of rotatable bonds is 3. The largest absolute Gasteiger partial charge is 0.336 e. The van der Waals surface area contributed by atoms with Crippen LogP contribution in [0.3, 0.4) is 0 Å². The van der Waals surface area contributed by atoms with E-state index in [2.05, 4.69) is 5.32 Å². The zero-order valence-electron chi connectivity index (χ0n) is 15.2. The summed E-state index contributed by atoms with van der Waals surface area (Å²) in [5, 5.41) is 3.54. The number of hydrogen-bond donors (Lipinski definition) is 1. The van der Waals surface area contributed by atoms with E-state index in [9.17, 15) is 9.59 Å². The van der Waals surface area contributed by atoms with Crippen molar-refractivity contribution in [2.75, 3.05) is 31.5 Å². The number of urea groups is 1. The lowest BCUT2D eigenvalue weighted by Crippen LogP contribution is -2.51. The van der Waals surface area contributed by atoms with Gasteiger partial charge in [0.1, 0.15) is 0 Å². The van der Waals surface area contributed by atoms with E-state index in [4.69, 9.17) is 11.6 Å². The molecule has 27 heavy (non-hydrogen) atoms. The summed E-state index contributed by atoms with van der Waals surface area (Å²) in [6.45, 7) is 4.03. The number of hydrogen-bond acceptors (Lipinski definition) is 2. The van der Waals surface area contributed by atoms with Crippen molar-refractivity contribution in [3.63, 3.8) is 0 Å². The number of nitrogens with one attached hydrogen (secondary N) is 1. The molecular formula is C21H22ClN3O2. The van der Waals surface area contributed by atoms with E-state index in [1.54, 1.807) is 34.1 Å². The molecule has 140 valence electrons. The first kappa shape index (κ1) is 19.0. The van der Waals surface area contributed by atoms with E-state index in [0.717, 1.165) is 16.8 Å². The lowest BCUT2D eigenvalue weighted by atomic mass is 10.2. The maximum atomic E-state index is 12.4. The summed E-state index contributed by atoms with van der Waals surface area (Å²) in [7, 11) is 0. The van der Waals surface area contributed by atoms with Gasteiger partial charge in [-0.05, 0) is 48.4 Å². The number of piperazine rings is 1. The van der Waals surface area contributed by atoms with E-state index >= 15 is 0 Å². The van der Waals surface area contributed by atoms with Crippen molar-refractivity contribution in [1.82, 2.24) is 9.80 Å². The number of halogens is 1. The minimum Gasteiger partial charge on any atom is -0.336 e. The van der Waals surface area contributed by atoms with E-state index in [0.29, 0.717) is 31.2 Å². The molecule has 1 heterocycles. The molecular weight excluding hydrogens is 362 g/mol. The van der Waals surface area contributed by atoms with Crippen molar-refractivity contribution >= 4 is 35.3 Å². The van der Waals surface area contributed by atoms with Crippen LogP contribution in [0.15, 0.2) is 54.6 Å². The summed E-state index contributed by atoms with van der Waals surface area (Å²) in [6.07, 6.45) is 3.30. The third-order valence-electron chi connectivity index (χ3n) is 4.41. The van der Waals surface area contributed by atoms with Crippen molar-refractivity contribution in [1.29, 1.82) is 0 Å². The quantitative estimate of drug-likeness (QED) is 0.813. The number of nitrogens with zero attached hydrogens (tertiary/aromatic N) is 2. The molecule has 0 spiro atoms. The summed E-state index contributed by atoms with van der Waals surface area (Å²) in [5.41, 5.74) is 2.75. The summed E-state index contributed by atoms with van der Waals surface area (Å²) >= 11 is 5.95. The van der Waals surface area contributed by atoms with Crippen molar-refractivity contribution in [2.45, 2.75) is 6.92 Å².